The number of hydrogen-bond acceptors (Lipinski definition) is 6. The minimum atomic E-state index is -1.07. The van der Waals surface area contributed by atoms with E-state index in [0.717, 1.165) is 11.1 Å². The number of amides is 1. The number of hydrogen-bond donors (Lipinski definition) is 1. The Morgan fingerprint density at radius 2 is 1.86 bits per heavy atom. The normalized spacial score (nSPS) is 13.1. The summed E-state index contributed by atoms with van der Waals surface area (Å²) in [7, 11) is 1.46. The van der Waals surface area contributed by atoms with Gasteiger partial charge in [0.2, 0.25) is 0 Å². The van der Waals surface area contributed by atoms with Crippen molar-refractivity contribution in [2.45, 2.75) is 39.3 Å². The fourth-order valence-electron chi connectivity index (χ4n) is 2.89. The molecule has 3 rings (SSSR count). The van der Waals surface area contributed by atoms with Gasteiger partial charge in [0.05, 0.1) is 17.6 Å². The smallest absolute Gasteiger partial charge is 0.360 e. The Morgan fingerprint density at radius 3 is 2.55 bits per heavy atom. The molecule has 29 heavy (non-hydrogen) atoms. The number of carbonyl (C=O) groups is 2. The minimum Gasteiger partial charge on any atom is -0.448 e. The van der Waals surface area contributed by atoms with Gasteiger partial charge in [-0.05, 0) is 26.3 Å². The highest BCUT2D eigenvalue weighted by Crippen LogP contribution is 2.18. The van der Waals surface area contributed by atoms with Gasteiger partial charge in [-0.2, -0.15) is 10.2 Å². The monoisotopic (exact) mass is 397 g/mol. The number of rotatable bonds is 6. The van der Waals surface area contributed by atoms with E-state index in [0.29, 0.717) is 16.6 Å². The molecule has 0 fully saturated rings. The first kappa shape index (κ1) is 20.2. The van der Waals surface area contributed by atoms with Crippen LogP contribution in [0.3, 0.4) is 0 Å². The van der Waals surface area contributed by atoms with Crippen LogP contribution in [0.2, 0.25) is 0 Å². The first-order valence-corrected chi connectivity index (χ1v) is 9.34. The van der Waals surface area contributed by atoms with Crippen LogP contribution in [-0.2, 0) is 16.6 Å². The van der Waals surface area contributed by atoms with E-state index in [1.54, 1.807) is 41.2 Å². The highest BCUT2D eigenvalue weighted by Gasteiger charge is 2.24. The topological polar surface area (TPSA) is 108 Å². The van der Waals surface area contributed by atoms with Gasteiger partial charge >= 0.3 is 5.97 Å². The van der Waals surface area contributed by atoms with Gasteiger partial charge in [-0.25, -0.2) is 14.2 Å². The number of carbonyl (C=O) groups excluding carboxylic acids is 2. The molecule has 1 N–H and O–H groups in total. The van der Waals surface area contributed by atoms with Crippen LogP contribution in [0.4, 0.5) is 5.82 Å². The van der Waals surface area contributed by atoms with Crippen LogP contribution in [0.25, 0.3) is 10.8 Å². The predicted molar refractivity (Wildman–Crippen MR) is 108 cm³/mol. The number of benzene rings is 1. The summed E-state index contributed by atoms with van der Waals surface area (Å²) in [5.41, 5.74) is -0.340. The average Bonchev–Trinajstić information content (AvgIpc) is 3.18. The standard InChI is InChI=1S/C20H23N5O4/c1-5-12(2)25-16(10-11-21-25)22-18(26)13(3)29-20(28)17-14-8-6-7-9-15(14)19(27)24(4)23-17/h6-13H,5H2,1-4H3,(H,22,26)/t12-,13-/m0/s1. The molecule has 0 saturated carbocycles. The van der Waals surface area contributed by atoms with Crippen LogP contribution in [0.5, 0.6) is 0 Å². The van der Waals surface area contributed by atoms with Crippen LogP contribution < -0.4 is 10.9 Å². The maximum Gasteiger partial charge on any atom is 0.360 e. The Kier molecular flexibility index (Phi) is 5.76. The van der Waals surface area contributed by atoms with Gasteiger partial charge in [0.25, 0.3) is 11.5 Å². The third kappa shape index (κ3) is 4.03. The summed E-state index contributed by atoms with van der Waals surface area (Å²) < 4.78 is 8.10. The van der Waals surface area contributed by atoms with Crippen molar-refractivity contribution >= 4 is 28.5 Å². The summed E-state index contributed by atoms with van der Waals surface area (Å²) in [4.78, 5) is 37.4. The van der Waals surface area contributed by atoms with Gasteiger partial charge < -0.3 is 10.1 Å². The molecule has 152 valence electrons. The van der Waals surface area contributed by atoms with E-state index >= 15 is 0 Å². The van der Waals surface area contributed by atoms with Gasteiger partial charge in [-0.3, -0.25) is 9.59 Å². The summed E-state index contributed by atoms with van der Waals surface area (Å²) in [5, 5.41) is 11.7. The molecule has 0 unspecified atom stereocenters. The first-order chi connectivity index (χ1) is 13.8. The number of anilines is 1. The molecule has 2 aromatic heterocycles. The van der Waals surface area contributed by atoms with Crippen molar-refractivity contribution in [1.29, 1.82) is 0 Å². The Labute approximate surface area is 167 Å². The number of fused-ring (bicyclic) bond motifs is 1. The van der Waals surface area contributed by atoms with Crippen molar-refractivity contribution in [3.63, 3.8) is 0 Å². The number of aryl methyl sites for hydroxylation is 1. The molecule has 2 atom stereocenters. The zero-order valence-corrected chi connectivity index (χ0v) is 16.7. The fraction of sp³-hybridized carbons (Fsp3) is 0.350. The molecule has 0 spiro atoms. The number of aromatic nitrogens is 4. The highest BCUT2D eigenvalue weighted by molar-refractivity contribution is 6.03. The largest absolute Gasteiger partial charge is 0.448 e. The Morgan fingerprint density at radius 1 is 1.17 bits per heavy atom. The van der Waals surface area contributed by atoms with E-state index in [4.69, 9.17) is 4.74 Å². The van der Waals surface area contributed by atoms with Gasteiger partial charge in [-0.15, -0.1) is 0 Å². The van der Waals surface area contributed by atoms with Gasteiger partial charge in [0.1, 0.15) is 5.82 Å². The van der Waals surface area contributed by atoms with Crippen LogP contribution in [0.1, 0.15) is 43.7 Å². The molecule has 1 aromatic carbocycles. The molecule has 0 aliphatic rings. The third-order valence-electron chi connectivity index (χ3n) is 4.73. The Balaban J connectivity index is 1.79. The molecular formula is C20H23N5O4. The summed E-state index contributed by atoms with van der Waals surface area (Å²) >= 11 is 0. The van der Waals surface area contributed by atoms with Crippen molar-refractivity contribution in [3.8, 4) is 0 Å². The second kappa shape index (κ2) is 8.26. The van der Waals surface area contributed by atoms with E-state index in [9.17, 15) is 14.4 Å². The lowest BCUT2D eigenvalue weighted by Crippen LogP contribution is -2.32. The van der Waals surface area contributed by atoms with Crippen molar-refractivity contribution in [3.05, 3.63) is 52.6 Å². The lowest BCUT2D eigenvalue weighted by atomic mass is 10.1. The lowest BCUT2D eigenvalue weighted by Gasteiger charge is -2.17. The van der Waals surface area contributed by atoms with E-state index < -0.39 is 18.0 Å². The first-order valence-electron chi connectivity index (χ1n) is 9.34. The molecule has 9 heteroatoms. The zero-order valence-electron chi connectivity index (χ0n) is 16.7. The Hall–Kier alpha value is -3.49. The molecule has 1 amide bonds. The second-order valence-electron chi connectivity index (χ2n) is 6.78. The van der Waals surface area contributed by atoms with Crippen LogP contribution in [0.15, 0.2) is 41.3 Å². The van der Waals surface area contributed by atoms with E-state index in [2.05, 4.69) is 15.5 Å². The third-order valence-corrected chi connectivity index (χ3v) is 4.73. The van der Waals surface area contributed by atoms with E-state index in [1.807, 2.05) is 13.8 Å². The van der Waals surface area contributed by atoms with E-state index in [1.165, 1.54) is 14.0 Å². The summed E-state index contributed by atoms with van der Waals surface area (Å²) in [5.74, 6) is -0.745. The summed E-state index contributed by atoms with van der Waals surface area (Å²) in [6.07, 6.45) is 1.38. The minimum absolute atomic E-state index is 0.0213. The lowest BCUT2D eigenvalue weighted by molar-refractivity contribution is -0.123. The molecule has 0 saturated heterocycles. The Bertz CT molecular complexity index is 1120. The zero-order chi connectivity index (χ0) is 21.1. The molecule has 0 aliphatic heterocycles. The molecular weight excluding hydrogens is 374 g/mol. The van der Waals surface area contributed by atoms with Crippen molar-refractivity contribution in [1.82, 2.24) is 19.6 Å². The number of esters is 1. The second-order valence-corrected chi connectivity index (χ2v) is 6.78. The van der Waals surface area contributed by atoms with Crippen LogP contribution >= 0.6 is 0 Å². The van der Waals surface area contributed by atoms with Crippen LogP contribution in [-0.4, -0.2) is 37.5 Å². The van der Waals surface area contributed by atoms with Gasteiger partial charge in [-0.1, -0.05) is 25.1 Å². The van der Waals surface area contributed by atoms with E-state index in [-0.39, 0.29) is 17.3 Å². The highest BCUT2D eigenvalue weighted by atomic mass is 16.5. The van der Waals surface area contributed by atoms with Crippen molar-refractivity contribution in [2.24, 2.45) is 7.05 Å². The number of nitrogens with zero attached hydrogens (tertiary/aromatic N) is 4. The summed E-state index contributed by atoms with van der Waals surface area (Å²) in [6.45, 7) is 5.48. The maximum absolute atomic E-state index is 12.7. The molecule has 3 aromatic rings. The SMILES string of the molecule is CC[C@H](C)n1nccc1NC(=O)[C@H](C)OC(=O)c1nn(C)c(=O)c2ccccc12. The predicted octanol–water partition coefficient (Wildman–Crippen LogP) is 2.28. The van der Waals surface area contributed by atoms with Gasteiger partial charge in [0, 0.05) is 18.5 Å². The number of ether oxygens (including phenoxy) is 1. The molecule has 0 bridgehead atoms. The van der Waals surface area contributed by atoms with Crippen LogP contribution in [0, 0.1) is 0 Å². The fourth-order valence-corrected chi connectivity index (χ4v) is 2.89. The van der Waals surface area contributed by atoms with Crippen molar-refractivity contribution < 1.29 is 14.3 Å². The average molecular weight is 397 g/mol. The molecule has 2 heterocycles. The molecule has 0 aliphatic carbocycles. The quantitative estimate of drug-likeness (QED) is 0.640. The van der Waals surface area contributed by atoms with Gasteiger partial charge in [0.15, 0.2) is 11.8 Å². The summed E-state index contributed by atoms with van der Waals surface area (Å²) in [6, 6.07) is 8.43. The molecule has 0 radical (unpaired) electrons. The molecule has 9 nitrogen and oxygen atoms in total. The number of nitrogens with one attached hydrogen (secondary N) is 1. The maximum atomic E-state index is 12.7. The van der Waals surface area contributed by atoms with Crippen molar-refractivity contribution in [2.75, 3.05) is 5.32 Å².